The van der Waals surface area contributed by atoms with E-state index < -0.39 is 0 Å². The van der Waals surface area contributed by atoms with Crippen LogP contribution in [-0.2, 0) is 6.54 Å². The lowest BCUT2D eigenvalue weighted by molar-refractivity contribution is 0.0976. The van der Waals surface area contributed by atoms with Gasteiger partial charge in [-0.15, -0.1) is 0 Å². The van der Waals surface area contributed by atoms with E-state index in [1.165, 1.54) is 14.2 Å². The van der Waals surface area contributed by atoms with Crippen LogP contribution in [0.25, 0.3) is 0 Å². The second-order valence-corrected chi connectivity index (χ2v) is 6.80. The van der Waals surface area contributed by atoms with Crippen molar-refractivity contribution in [3.8, 4) is 23.0 Å². The van der Waals surface area contributed by atoms with E-state index in [2.05, 4.69) is 20.6 Å². The first-order valence-corrected chi connectivity index (χ1v) is 10.0. The highest BCUT2D eigenvalue weighted by Crippen LogP contribution is 2.26. The topological polar surface area (TPSA) is 103 Å². The first-order valence-electron chi connectivity index (χ1n) is 10.0. The lowest BCUT2D eigenvalue weighted by atomic mass is 10.2. The van der Waals surface area contributed by atoms with Gasteiger partial charge in [-0.05, 0) is 29.8 Å². The maximum absolute atomic E-state index is 13.0. The van der Waals surface area contributed by atoms with Crippen LogP contribution in [0.1, 0.15) is 15.9 Å². The van der Waals surface area contributed by atoms with Crippen molar-refractivity contribution < 1.29 is 23.7 Å². The quantitative estimate of drug-likeness (QED) is 0.400. The first kappa shape index (κ1) is 23.4. The number of aliphatic imine (C=N–C) groups is 1. The van der Waals surface area contributed by atoms with E-state index in [4.69, 9.17) is 18.9 Å². The third-order valence-electron chi connectivity index (χ3n) is 4.63. The normalized spacial score (nSPS) is 10.8. The third kappa shape index (κ3) is 6.60. The third-order valence-corrected chi connectivity index (χ3v) is 4.63. The van der Waals surface area contributed by atoms with Gasteiger partial charge in [0.05, 0.1) is 35.0 Å². The zero-order valence-corrected chi connectivity index (χ0v) is 18.9. The van der Waals surface area contributed by atoms with Crippen molar-refractivity contribution in [2.45, 2.75) is 6.54 Å². The number of hydrogen-bond acceptors (Lipinski definition) is 7. The smallest absolute Gasteiger partial charge is 0.258 e. The molecule has 0 spiro atoms. The van der Waals surface area contributed by atoms with Crippen molar-refractivity contribution in [3.63, 3.8) is 0 Å². The van der Waals surface area contributed by atoms with Crippen molar-refractivity contribution >= 4 is 17.6 Å². The van der Waals surface area contributed by atoms with Crippen LogP contribution in [0.3, 0.4) is 0 Å². The van der Waals surface area contributed by atoms with Crippen LogP contribution in [-0.4, -0.2) is 45.3 Å². The van der Waals surface area contributed by atoms with Gasteiger partial charge in [0, 0.05) is 47.9 Å². The molecule has 9 nitrogen and oxygen atoms in total. The van der Waals surface area contributed by atoms with Crippen LogP contribution in [0.2, 0.25) is 0 Å². The van der Waals surface area contributed by atoms with Crippen molar-refractivity contribution in [3.05, 3.63) is 72.1 Å². The van der Waals surface area contributed by atoms with Gasteiger partial charge in [0.2, 0.25) is 5.96 Å². The van der Waals surface area contributed by atoms with E-state index in [0.717, 1.165) is 5.56 Å². The lowest BCUT2D eigenvalue weighted by Crippen LogP contribution is -2.36. The highest BCUT2D eigenvalue weighted by Gasteiger charge is 2.13. The molecule has 0 aliphatic carbocycles. The summed E-state index contributed by atoms with van der Waals surface area (Å²) in [7, 11) is 6.18. The van der Waals surface area contributed by atoms with E-state index >= 15 is 0 Å². The van der Waals surface area contributed by atoms with Gasteiger partial charge >= 0.3 is 0 Å². The number of methoxy groups -OCH3 is 4. The van der Waals surface area contributed by atoms with E-state index in [0.29, 0.717) is 40.8 Å². The number of benzene rings is 2. The Morgan fingerprint density at radius 1 is 0.818 bits per heavy atom. The fourth-order valence-electron chi connectivity index (χ4n) is 2.90. The average Bonchev–Trinajstić information content (AvgIpc) is 2.87. The Morgan fingerprint density at radius 2 is 1.33 bits per heavy atom. The predicted molar refractivity (Wildman–Crippen MR) is 126 cm³/mol. The molecule has 0 saturated heterocycles. The van der Waals surface area contributed by atoms with E-state index in [1.807, 2.05) is 12.1 Å². The Hall–Kier alpha value is -4.27. The summed E-state index contributed by atoms with van der Waals surface area (Å²) in [5.41, 5.74) is 1.92. The zero-order valence-electron chi connectivity index (χ0n) is 18.9. The molecule has 3 aromatic rings. The van der Waals surface area contributed by atoms with Crippen LogP contribution in [0.15, 0.2) is 65.9 Å². The molecule has 172 valence electrons. The molecule has 3 rings (SSSR count). The lowest BCUT2D eigenvalue weighted by Gasteiger charge is -2.15. The number of nitrogens with zero attached hydrogens (tertiary/aromatic N) is 2. The maximum Gasteiger partial charge on any atom is 0.258 e. The predicted octanol–water partition coefficient (Wildman–Crippen LogP) is 3.51. The van der Waals surface area contributed by atoms with Crippen LogP contribution in [0.4, 0.5) is 5.69 Å². The van der Waals surface area contributed by atoms with E-state index in [9.17, 15) is 4.79 Å². The summed E-state index contributed by atoms with van der Waals surface area (Å²) in [5, 5.41) is 5.96. The molecule has 0 unspecified atom stereocenters. The minimum Gasteiger partial charge on any atom is -0.497 e. The van der Waals surface area contributed by atoms with Crippen molar-refractivity contribution in [1.82, 2.24) is 10.3 Å². The van der Waals surface area contributed by atoms with Gasteiger partial charge in [-0.25, -0.2) is 4.99 Å². The zero-order chi connectivity index (χ0) is 23.6. The summed E-state index contributed by atoms with van der Waals surface area (Å²) in [4.78, 5) is 21.6. The molecule has 1 amide bonds. The van der Waals surface area contributed by atoms with Crippen molar-refractivity contribution in [2.24, 2.45) is 4.99 Å². The molecule has 9 heteroatoms. The first-order chi connectivity index (χ1) is 16.0. The van der Waals surface area contributed by atoms with Gasteiger partial charge in [0.1, 0.15) is 23.0 Å². The van der Waals surface area contributed by atoms with E-state index in [-0.39, 0.29) is 11.9 Å². The Morgan fingerprint density at radius 3 is 1.85 bits per heavy atom. The monoisotopic (exact) mass is 450 g/mol. The fraction of sp³-hybridized carbons (Fsp3) is 0.208. The molecule has 0 saturated carbocycles. The Kier molecular flexibility index (Phi) is 8.07. The Labute approximate surface area is 192 Å². The fourth-order valence-corrected chi connectivity index (χ4v) is 2.90. The number of aromatic nitrogens is 1. The van der Waals surface area contributed by atoms with Gasteiger partial charge in [0.25, 0.3) is 5.91 Å². The molecule has 0 atom stereocenters. The van der Waals surface area contributed by atoms with Crippen molar-refractivity contribution in [2.75, 3.05) is 33.8 Å². The van der Waals surface area contributed by atoms with Crippen LogP contribution >= 0.6 is 0 Å². The SMILES string of the molecule is COc1cc(NC(=NCc2ccncc2)NC(=O)c2cc(OC)cc(OC)c2)cc(OC)c1. The second-order valence-electron chi connectivity index (χ2n) is 6.80. The highest BCUT2D eigenvalue weighted by atomic mass is 16.5. The molecule has 0 fully saturated rings. The number of rotatable bonds is 8. The van der Waals surface area contributed by atoms with E-state index in [1.54, 1.807) is 63.0 Å². The minimum atomic E-state index is -0.386. The number of carbonyl (C=O) groups is 1. The summed E-state index contributed by atoms with van der Waals surface area (Å²) < 4.78 is 21.2. The van der Waals surface area contributed by atoms with Gasteiger partial charge in [0.15, 0.2) is 0 Å². The number of ether oxygens (including phenoxy) is 4. The molecular formula is C24H26N4O5. The molecule has 1 heterocycles. The molecule has 2 N–H and O–H groups in total. The van der Waals surface area contributed by atoms with Gasteiger partial charge in [-0.2, -0.15) is 0 Å². The average molecular weight is 450 g/mol. The number of pyridine rings is 1. The number of carbonyl (C=O) groups excluding carboxylic acids is 1. The number of anilines is 1. The molecule has 0 aliphatic heterocycles. The summed E-state index contributed by atoms with van der Waals surface area (Å²) in [6.07, 6.45) is 3.37. The molecule has 33 heavy (non-hydrogen) atoms. The molecule has 0 radical (unpaired) electrons. The van der Waals surface area contributed by atoms with Crippen LogP contribution in [0.5, 0.6) is 23.0 Å². The standard InChI is InChI=1S/C24H26N4O5/c1-30-19-9-17(10-20(13-19)31-2)23(29)28-24(26-15-16-5-7-25-8-6-16)27-18-11-21(32-3)14-22(12-18)33-4/h5-14H,15H2,1-4H3,(H2,26,27,28,29). The minimum absolute atomic E-state index is 0.244. The molecule has 0 aliphatic rings. The Balaban J connectivity index is 1.90. The van der Waals surface area contributed by atoms with Crippen molar-refractivity contribution in [1.29, 1.82) is 0 Å². The number of hydrogen-bond donors (Lipinski definition) is 2. The summed E-state index contributed by atoms with van der Waals surface area (Å²) in [6, 6.07) is 13.9. The highest BCUT2D eigenvalue weighted by molar-refractivity contribution is 6.10. The molecule has 1 aromatic heterocycles. The second kappa shape index (κ2) is 11.4. The van der Waals surface area contributed by atoms with Crippen LogP contribution in [0, 0.1) is 0 Å². The summed E-state index contributed by atoms with van der Waals surface area (Å²) in [5.74, 6) is 2.04. The number of nitrogens with one attached hydrogen (secondary N) is 2. The molecule has 2 aromatic carbocycles. The molecular weight excluding hydrogens is 424 g/mol. The van der Waals surface area contributed by atoms with Gasteiger partial charge in [-0.1, -0.05) is 0 Å². The summed E-state index contributed by atoms with van der Waals surface area (Å²) >= 11 is 0. The van der Waals surface area contributed by atoms with Crippen LogP contribution < -0.4 is 29.6 Å². The summed E-state index contributed by atoms with van der Waals surface area (Å²) in [6.45, 7) is 0.327. The Bertz CT molecular complexity index is 1070. The van der Waals surface area contributed by atoms with Gasteiger partial charge < -0.3 is 24.3 Å². The number of guanidine groups is 1. The van der Waals surface area contributed by atoms with Gasteiger partial charge in [-0.3, -0.25) is 15.1 Å². The maximum atomic E-state index is 13.0. The molecule has 0 bridgehead atoms. The largest absolute Gasteiger partial charge is 0.497 e. The number of amides is 1.